The van der Waals surface area contributed by atoms with Crippen molar-refractivity contribution >= 4 is 5.97 Å². The van der Waals surface area contributed by atoms with Gasteiger partial charge in [-0.2, -0.15) is 0 Å². The third-order valence-corrected chi connectivity index (χ3v) is 1.56. The summed E-state index contributed by atoms with van der Waals surface area (Å²) in [6.45, 7) is 1.84. The Morgan fingerprint density at radius 3 is 2.62 bits per heavy atom. The lowest BCUT2D eigenvalue weighted by molar-refractivity contribution is 0.0597. The second kappa shape index (κ2) is 4.50. The van der Waals surface area contributed by atoms with E-state index in [2.05, 4.69) is 4.74 Å². The van der Waals surface area contributed by atoms with Crippen molar-refractivity contribution in [2.24, 2.45) is 0 Å². The van der Waals surface area contributed by atoms with Crippen LogP contribution in [0.1, 0.15) is 23.3 Å². The first-order valence-corrected chi connectivity index (χ1v) is 3.53. The summed E-state index contributed by atoms with van der Waals surface area (Å²) in [5.74, 6) is -0.566. The van der Waals surface area contributed by atoms with Crippen LogP contribution in [0, 0.1) is 6.92 Å². The lowest BCUT2D eigenvalue weighted by Crippen LogP contribution is -2.01. The van der Waals surface area contributed by atoms with Crippen molar-refractivity contribution in [1.29, 1.82) is 0 Å². The molecule has 0 aliphatic heterocycles. The van der Waals surface area contributed by atoms with E-state index in [0.29, 0.717) is 0 Å². The maximum absolute atomic E-state index is 11.0. The minimum atomic E-state index is -0.517. The van der Waals surface area contributed by atoms with E-state index in [-0.39, 0.29) is 18.7 Å². The molecule has 72 valence electrons. The van der Waals surface area contributed by atoms with Gasteiger partial charge in [0, 0.05) is 0 Å². The fraction of sp³-hybridized carbons (Fsp3) is 0.300. The first-order chi connectivity index (χ1) is 5.65. The van der Waals surface area contributed by atoms with Crippen LogP contribution in [0.2, 0.25) is 0 Å². The van der Waals surface area contributed by atoms with Crippen LogP contribution >= 0.6 is 0 Å². The Labute approximate surface area is 78.0 Å². The lowest BCUT2D eigenvalue weighted by Gasteiger charge is -2.02. The Bertz CT molecular complexity index is 305. The molecule has 1 aromatic rings. The number of hydrogen-bond donors (Lipinski definition) is 1. The SMILES string of the molecule is C.COC(=O)c1cc(C)ccc1O. The first-order valence-electron chi connectivity index (χ1n) is 3.53. The van der Waals surface area contributed by atoms with Crippen molar-refractivity contribution in [3.8, 4) is 5.75 Å². The zero-order valence-electron chi connectivity index (χ0n) is 7.00. The minimum Gasteiger partial charge on any atom is -0.507 e. The predicted octanol–water partition coefficient (Wildman–Crippen LogP) is 2.12. The van der Waals surface area contributed by atoms with Crippen LogP contribution < -0.4 is 0 Å². The molecule has 0 aliphatic carbocycles. The quantitative estimate of drug-likeness (QED) is 0.677. The van der Waals surface area contributed by atoms with E-state index in [1.165, 1.54) is 13.2 Å². The minimum absolute atomic E-state index is 0. The van der Waals surface area contributed by atoms with Gasteiger partial charge in [-0.25, -0.2) is 4.79 Å². The summed E-state index contributed by atoms with van der Waals surface area (Å²) in [5.41, 5.74) is 1.12. The maximum atomic E-state index is 11.0. The fourth-order valence-electron chi connectivity index (χ4n) is 0.923. The predicted molar refractivity (Wildman–Crippen MR) is 50.9 cm³/mol. The molecule has 0 saturated heterocycles. The molecule has 0 atom stereocenters. The lowest BCUT2D eigenvalue weighted by atomic mass is 10.1. The Kier molecular flexibility index (Phi) is 3.98. The largest absolute Gasteiger partial charge is 0.507 e. The van der Waals surface area contributed by atoms with Gasteiger partial charge >= 0.3 is 5.97 Å². The summed E-state index contributed by atoms with van der Waals surface area (Å²) in [7, 11) is 1.28. The van der Waals surface area contributed by atoms with Gasteiger partial charge in [0.2, 0.25) is 0 Å². The molecule has 0 heterocycles. The van der Waals surface area contributed by atoms with E-state index in [1.54, 1.807) is 12.1 Å². The number of aryl methyl sites for hydroxylation is 1. The average Bonchev–Trinajstić information content (AvgIpc) is 2.08. The summed E-state index contributed by atoms with van der Waals surface area (Å²) >= 11 is 0. The standard InChI is InChI=1S/C9H10O3.CH4/c1-6-3-4-8(10)7(5-6)9(11)12-2;/h3-5,10H,1-2H3;1H4. The monoisotopic (exact) mass is 182 g/mol. The second-order valence-corrected chi connectivity index (χ2v) is 2.51. The highest BCUT2D eigenvalue weighted by molar-refractivity contribution is 5.92. The van der Waals surface area contributed by atoms with E-state index in [1.807, 2.05) is 6.92 Å². The summed E-state index contributed by atoms with van der Waals surface area (Å²) in [6.07, 6.45) is 0. The summed E-state index contributed by atoms with van der Waals surface area (Å²) < 4.78 is 4.47. The molecule has 0 unspecified atom stereocenters. The van der Waals surface area contributed by atoms with Crippen molar-refractivity contribution in [2.75, 3.05) is 7.11 Å². The van der Waals surface area contributed by atoms with Crippen LogP contribution in [-0.2, 0) is 4.74 Å². The number of carbonyl (C=O) groups excluding carboxylic acids is 1. The number of esters is 1. The van der Waals surface area contributed by atoms with E-state index >= 15 is 0 Å². The number of hydrogen-bond acceptors (Lipinski definition) is 3. The molecule has 3 heteroatoms. The molecule has 1 rings (SSSR count). The van der Waals surface area contributed by atoms with Crippen LogP contribution in [-0.4, -0.2) is 18.2 Å². The smallest absolute Gasteiger partial charge is 0.341 e. The van der Waals surface area contributed by atoms with Gasteiger partial charge in [-0.15, -0.1) is 0 Å². The topological polar surface area (TPSA) is 46.5 Å². The number of phenols is 1. The van der Waals surface area contributed by atoms with E-state index in [0.717, 1.165) is 5.56 Å². The number of ether oxygens (including phenoxy) is 1. The second-order valence-electron chi connectivity index (χ2n) is 2.51. The first kappa shape index (κ1) is 11.5. The van der Waals surface area contributed by atoms with E-state index in [4.69, 9.17) is 0 Å². The van der Waals surface area contributed by atoms with Crippen molar-refractivity contribution in [1.82, 2.24) is 0 Å². The molecule has 0 saturated carbocycles. The number of phenolic OH excluding ortho intramolecular Hbond substituents is 1. The molecular formula is C10H14O3. The maximum Gasteiger partial charge on any atom is 0.341 e. The van der Waals surface area contributed by atoms with Crippen LogP contribution in [0.4, 0.5) is 0 Å². The number of methoxy groups -OCH3 is 1. The Morgan fingerprint density at radius 2 is 2.08 bits per heavy atom. The summed E-state index contributed by atoms with van der Waals surface area (Å²) in [4.78, 5) is 11.0. The summed E-state index contributed by atoms with van der Waals surface area (Å²) in [5, 5.41) is 9.24. The molecule has 0 aliphatic rings. The van der Waals surface area contributed by atoms with Gasteiger partial charge in [0.15, 0.2) is 0 Å². The van der Waals surface area contributed by atoms with E-state index < -0.39 is 5.97 Å². The molecule has 0 aromatic heterocycles. The van der Waals surface area contributed by atoms with Crippen molar-refractivity contribution in [3.63, 3.8) is 0 Å². The van der Waals surface area contributed by atoms with Crippen LogP contribution in [0.3, 0.4) is 0 Å². The highest BCUT2D eigenvalue weighted by Crippen LogP contribution is 2.18. The molecule has 0 radical (unpaired) electrons. The number of aromatic hydroxyl groups is 1. The zero-order valence-corrected chi connectivity index (χ0v) is 7.00. The normalized spacial score (nSPS) is 8.77. The molecule has 3 nitrogen and oxygen atoms in total. The fourth-order valence-corrected chi connectivity index (χ4v) is 0.923. The Balaban J connectivity index is 0.00000144. The van der Waals surface area contributed by atoms with Gasteiger partial charge in [-0.3, -0.25) is 0 Å². The summed E-state index contributed by atoms with van der Waals surface area (Å²) in [6, 6.07) is 4.78. The molecule has 1 N–H and O–H groups in total. The van der Waals surface area contributed by atoms with Crippen molar-refractivity contribution in [2.45, 2.75) is 14.4 Å². The molecule has 13 heavy (non-hydrogen) atoms. The van der Waals surface area contributed by atoms with Gasteiger partial charge in [-0.05, 0) is 19.1 Å². The number of benzene rings is 1. The Morgan fingerprint density at radius 1 is 1.46 bits per heavy atom. The van der Waals surface area contributed by atoms with Gasteiger partial charge in [0.05, 0.1) is 7.11 Å². The van der Waals surface area contributed by atoms with E-state index in [9.17, 15) is 9.90 Å². The Hall–Kier alpha value is -1.51. The molecular weight excluding hydrogens is 168 g/mol. The van der Waals surface area contributed by atoms with Gasteiger partial charge in [-0.1, -0.05) is 19.1 Å². The van der Waals surface area contributed by atoms with Gasteiger partial charge < -0.3 is 9.84 Å². The van der Waals surface area contributed by atoms with Crippen molar-refractivity contribution in [3.05, 3.63) is 29.3 Å². The molecule has 1 aromatic carbocycles. The number of carbonyl (C=O) groups is 1. The highest BCUT2D eigenvalue weighted by atomic mass is 16.5. The molecule has 0 spiro atoms. The van der Waals surface area contributed by atoms with Crippen LogP contribution in [0.5, 0.6) is 5.75 Å². The highest BCUT2D eigenvalue weighted by Gasteiger charge is 2.10. The third kappa shape index (κ3) is 2.47. The van der Waals surface area contributed by atoms with Gasteiger partial charge in [0.25, 0.3) is 0 Å². The number of rotatable bonds is 1. The van der Waals surface area contributed by atoms with Crippen LogP contribution in [0.25, 0.3) is 0 Å². The van der Waals surface area contributed by atoms with Gasteiger partial charge in [0.1, 0.15) is 11.3 Å². The third-order valence-electron chi connectivity index (χ3n) is 1.56. The van der Waals surface area contributed by atoms with Crippen LogP contribution in [0.15, 0.2) is 18.2 Å². The molecule has 0 bridgehead atoms. The zero-order chi connectivity index (χ0) is 9.14. The average molecular weight is 182 g/mol. The molecule has 0 amide bonds. The molecule has 0 fully saturated rings. The van der Waals surface area contributed by atoms with Crippen molar-refractivity contribution < 1.29 is 14.6 Å².